The number of rotatable bonds is 3. The zero-order chi connectivity index (χ0) is 20.5. The fourth-order valence-corrected chi connectivity index (χ4v) is 5.37. The Balaban J connectivity index is 1.76. The van der Waals surface area contributed by atoms with Crippen molar-refractivity contribution in [1.82, 2.24) is 14.5 Å². The maximum absolute atomic E-state index is 13.4. The molecular formula is C23H26N4OS. The van der Waals surface area contributed by atoms with E-state index >= 15 is 0 Å². The number of hydrogen-bond acceptors (Lipinski definition) is 5. The molecule has 0 radical (unpaired) electrons. The van der Waals surface area contributed by atoms with E-state index < -0.39 is 0 Å². The van der Waals surface area contributed by atoms with Crippen LogP contribution in [0.4, 0.5) is 0 Å². The molecule has 2 aromatic rings. The van der Waals surface area contributed by atoms with Gasteiger partial charge < -0.3 is 4.90 Å². The fourth-order valence-electron chi connectivity index (χ4n) is 4.27. The van der Waals surface area contributed by atoms with Crippen molar-refractivity contribution in [3.63, 3.8) is 0 Å². The molecule has 0 amide bonds. The van der Waals surface area contributed by atoms with Crippen molar-refractivity contribution in [1.29, 1.82) is 0 Å². The number of nitrogens with zero attached hydrogens (tertiary/aromatic N) is 4. The summed E-state index contributed by atoms with van der Waals surface area (Å²) in [5, 5.41) is 1.01. The van der Waals surface area contributed by atoms with Crippen molar-refractivity contribution in [2.45, 2.75) is 33.6 Å². The summed E-state index contributed by atoms with van der Waals surface area (Å²) in [4.78, 5) is 25.2. The van der Waals surface area contributed by atoms with Gasteiger partial charge in [-0.05, 0) is 29.7 Å². The summed E-state index contributed by atoms with van der Waals surface area (Å²) in [7, 11) is 4.09. The van der Waals surface area contributed by atoms with Crippen LogP contribution in [0.5, 0.6) is 0 Å². The standard InChI is InChI=1S/C23H26N4OS/c1-13(2)16-6-7-17(26(4)5)18-19-20(29-21(18)25-16)22(28)27(12-24-19)15-8-9-23(3)11-14(23)10-15/h6,8-10,12-14H,7,11H2,1-5H3. The lowest BCUT2D eigenvalue weighted by Gasteiger charge is -2.15. The predicted octanol–water partition coefficient (Wildman–Crippen LogP) is 3.13. The Kier molecular flexibility index (Phi) is 4.01. The molecule has 0 N–H and O–H groups in total. The van der Waals surface area contributed by atoms with Gasteiger partial charge in [-0.25, -0.2) is 9.98 Å². The molecule has 1 fully saturated rings. The lowest BCUT2D eigenvalue weighted by atomic mass is 10.0. The summed E-state index contributed by atoms with van der Waals surface area (Å²) in [6.07, 6.45) is 12.4. The van der Waals surface area contributed by atoms with E-state index in [-0.39, 0.29) is 5.56 Å². The minimum absolute atomic E-state index is 0.00314. The highest BCUT2D eigenvalue weighted by Gasteiger charge is 2.48. The topological polar surface area (TPSA) is 50.5 Å². The van der Waals surface area contributed by atoms with E-state index in [1.54, 1.807) is 10.9 Å². The van der Waals surface area contributed by atoms with Gasteiger partial charge in [-0.1, -0.05) is 39.0 Å². The summed E-state index contributed by atoms with van der Waals surface area (Å²) in [5.74, 6) is 0.872. The average Bonchev–Trinajstić information content (AvgIpc) is 3.28. The number of aromatic nitrogens is 2. The second-order valence-corrected chi connectivity index (χ2v) is 10.1. The Bertz CT molecular complexity index is 1300. The lowest BCUT2D eigenvalue weighted by Crippen LogP contribution is -2.29. The molecule has 150 valence electrons. The summed E-state index contributed by atoms with van der Waals surface area (Å²) in [6, 6.07) is 0. The molecule has 2 atom stereocenters. The highest BCUT2D eigenvalue weighted by molar-refractivity contribution is 7.16. The molecule has 0 bridgehead atoms. The monoisotopic (exact) mass is 406 g/mol. The third kappa shape index (κ3) is 2.84. The van der Waals surface area contributed by atoms with Crippen LogP contribution in [0, 0.1) is 17.3 Å². The Hall–Kier alpha value is -2.47. The number of hydrogen-bond donors (Lipinski definition) is 0. The van der Waals surface area contributed by atoms with Gasteiger partial charge in [0.2, 0.25) is 0 Å². The van der Waals surface area contributed by atoms with Gasteiger partial charge in [-0.2, -0.15) is 0 Å². The molecular weight excluding hydrogens is 380 g/mol. The minimum Gasteiger partial charge on any atom is -0.380 e. The molecule has 2 aromatic heterocycles. The quantitative estimate of drug-likeness (QED) is 0.787. The van der Waals surface area contributed by atoms with E-state index in [1.165, 1.54) is 11.3 Å². The average molecular weight is 407 g/mol. The van der Waals surface area contributed by atoms with Crippen LogP contribution in [0.25, 0.3) is 21.6 Å². The zero-order valence-electron chi connectivity index (χ0n) is 17.6. The zero-order valence-corrected chi connectivity index (χ0v) is 18.4. The van der Waals surface area contributed by atoms with Crippen molar-refractivity contribution in [3.05, 3.63) is 56.6 Å². The lowest BCUT2D eigenvalue weighted by molar-refractivity contribution is 0.572. The second-order valence-electron chi connectivity index (χ2n) is 9.06. The van der Waals surface area contributed by atoms with Crippen LogP contribution in [0.3, 0.4) is 0 Å². The highest BCUT2D eigenvalue weighted by atomic mass is 32.1. The minimum atomic E-state index is -0.00314. The Morgan fingerprint density at radius 2 is 2.14 bits per heavy atom. The summed E-state index contributed by atoms with van der Waals surface area (Å²) in [5.41, 5.74) is 4.22. The van der Waals surface area contributed by atoms with Gasteiger partial charge in [0.15, 0.2) is 0 Å². The molecule has 0 spiro atoms. The molecule has 2 unspecified atom stereocenters. The summed E-state index contributed by atoms with van der Waals surface area (Å²) in [6.45, 7) is 6.57. The third-order valence-electron chi connectivity index (χ3n) is 6.37. The first kappa shape index (κ1) is 18.6. The van der Waals surface area contributed by atoms with Crippen LogP contribution in [0.2, 0.25) is 0 Å². The third-order valence-corrected chi connectivity index (χ3v) is 7.43. The first-order chi connectivity index (χ1) is 13.8. The summed E-state index contributed by atoms with van der Waals surface area (Å²) < 4.78 is 3.27. The predicted molar refractivity (Wildman–Crippen MR) is 119 cm³/mol. The van der Waals surface area contributed by atoms with Crippen molar-refractivity contribution in [3.8, 4) is 0 Å². The van der Waals surface area contributed by atoms with Gasteiger partial charge in [0.1, 0.15) is 15.7 Å². The van der Waals surface area contributed by atoms with Crippen LogP contribution in [-0.4, -0.2) is 28.5 Å². The van der Waals surface area contributed by atoms with E-state index in [2.05, 4.69) is 50.0 Å². The van der Waals surface area contributed by atoms with E-state index in [9.17, 15) is 4.79 Å². The molecule has 3 aliphatic rings. The smallest absolute Gasteiger partial charge is 0.275 e. The van der Waals surface area contributed by atoms with E-state index in [1.807, 2.05) is 14.1 Å². The van der Waals surface area contributed by atoms with E-state index in [0.29, 0.717) is 22.0 Å². The maximum atomic E-state index is 13.4. The second kappa shape index (κ2) is 6.26. The number of fused-ring (bicyclic) bond motifs is 4. The molecule has 0 saturated heterocycles. The molecule has 5 nitrogen and oxygen atoms in total. The molecule has 3 heterocycles. The maximum Gasteiger partial charge on any atom is 0.275 e. The van der Waals surface area contributed by atoms with Crippen molar-refractivity contribution in [2.75, 3.05) is 14.1 Å². The van der Waals surface area contributed by atoms with Crippen LogP contribution in [0.15, 0.2) is 46.1 Å². The van der Waals surface area contributed by atoms with Gasteiger partial charge in [-0.3, -0.25) is 9.36 Å². The van der Waals surface area contributed by atoms with Crippen molar-refractivity contribution >= 4 is 32.9 Å². The van der Waals surface area contributed by atoms with Crippen LogP contribution in [0.1, 0.15) is 33.6 Å². The molecule has 1 aliphatic heterocycles. The highest BCUT2D eigenvalue weighted by Crippen LogP contribution is 2.56. The van der Waals surface area contributed by atoms with E-state index in [4.69, 9.17) is 9.98 Å². The molecule has 2 aliphatic carbocycles. The van der Waals surface area contributed by atoms with Gasteiger partial charge in [0.25, 0.3) is 5.56 Å². The van der Waals surface area contributed by atoms with Gasteiger partial charge in [-0.15, -0.1) is 11.3 Å². The van der Waals surface area contributed by atoms with Crippen molar-refractivity contribution in [2.24, 2.45) is 22.2 Å². The first-order valence-corrected chi connectivity index (χ1v) is 11.0. The molecule has 0 aromatic carbocycles. The fraction of sp³-hybridized carbons (Fsp3) is 0.435. The molecule has 29 heavy (non-hydrogen) atoms. The SMILES string of the molecule is CC(C)C1=CCC(N(C)C)=c2c(sc3c(=O)n(C4=CC5CC5(C)C=C4)cnc23)=N1. The van der Waals surface area contributed by atoms with Gasteiger partial charge in [0.05, 0.1) is 10.7 Å². The van der Waals surface area contributed by atoms with Gasteiger partial charge >= 0.3 is 0 Å². The molecule has 5 rings (SSSR count). The Morgan fingerprint density at radius 3 is 2.83 bits per heavy atom. The molecule has 6 heteroatoms. The molecule has 1 saturated carbocycles. The van der Waals surface area contributed by atoms with Crippen molar-refractivity contribution < 1.29 is 0 Å². The normalized spacial score (nSPS) is 25.2. The van der Waals surface area contributed by atoms with E-state index in [0.717, 1.165) is 45.3 Å². The van der Waals surface area contributed by atoms with Gasteiger partial charge in [0, 0.05) is 37.6 Å². The summed E-state index contributed by atoms with van der Waals surface area (Å²) >= 11 is 1.47. The number of allylic oxidation sites excluding steroid dienone is 5. The van der Waals surface area contributed by atoms with Crippen LogP contribution >= 0.6 is 11.3 Å². The van der Waals surface area contributed by atoms with Crippen LogP contribution in [-0.2, 0) is 0 Å². The van der Waals surface area contributed by atoms with Crippen LogP contribution < -0.4 is 15.4 Å². The first-order valence-electron chi connectivity index (χ1n) is 10.2. The largest absolute Gasteiger partial charge is 0.380 e. The number of thiophene rings is 1. The Labute approximate surface area is 174 Å². The Morgan fingerprint density at radius 1 is 1.34 bits per heavy atom.